The van der Waals surface area contributed by atoms with Gasteiger partial charge in [-0.3, -0.25) is 0 Å². The molecule has 0 aliphatic carbocycles. The lowest BCUT2D eigenvalue weighted by Crippen LogP contribution is -2.18. The third kappa shape index (κ3) is 2.35. The average molecular weight is 334 g/mol. The van der Waals surface area contributed by atoms with Gasteiger partial charge in [-0.15, -0.1) is 0 Å². The highest BCUT2D eigenvalue weighted by atomic mass is 16.4. The highest BCUT2D eigenvalue weighted by molar-refractivity contribution is 5.85. The van der Waals surface area contributed by atoms with Crippen LogP contribution in [0.3, 0.4) is 0 Å². The largest absolute Gasteiger partial charge is 0.872 e. The van der Waals surface area contributed by atoms with E-state index in [1.165, 1.54) is 24.3 Å². The zero-order valence-corrected chi connectivity index (χ0v) is 12.8. The second-order valence-corrected chi connectivity index (χ2v) is 5.56. The summed E-state index contributed by atoms with van der Waals surface area (Å²) in [5.74, 6) is -1.11. The normalized spacial score (nSPS) is 11.2. The summed E-state index contributed by atoms with van der Waals surface area (Å²) >= 11 is 0. The molecule has 0 atom stereocenters. The van der Waals surface area contributed by atoms with Gasteiger partial charge in [0.05, 0.1) is 0 Å². The van der Waals surface area contributed by atoms with Crippen LogP contribution in [0.15, 0.2) is 67.0 Å². The number of fused-ring (bicyclic) bond motifs is 2. The first-order valence-corrected chi connectivity index (χ1v) is 7.49. The van der Waals surface area contributed by atoms with E-state index in [0.717, 1.165) is 0 Å². The van der Waals surface area contributed by atoms with Crippen LogP contribution in [-0.2, 0) is 6.42 Å². The molecule has 0 saturated heterocycles. The Bertz CT molecular complexity index is 1140. The van der Waals surface area contributed by atoms with E-state index in [4.69, 9.17) is 8.83 Å². The summed E-state index contributed by atoms with van der Waals surface area (Å²) in [5.41, 5.74) is -1.94. The smallest absolute Gasteiger partial charge is 0.339 e. The van der Waals surface area contributed by atoms with Crippen molar-refractivity contribution in [1.82, 2.24) is 0 Å². The third-order valence-electron chi connectivity index (χ3n) is 4.06. The second-order valence-electron chi connectivity index (χ2n) is 5.56. The van der Waals surface area contributed by atoms with Crippen molar-refractivity contribution in [3.63, 3.8) is 0 Å². The molecule has 6 heteroatoms. The zero-order valence-electron chi connectivity index (χ0n) is 12.8. The van der Waals surface area contributed by atoms with Crippen LogP contribution in [0.25, 0.3) is 21.9 Å². The van der Waals surface area contributed by atoms with Crippen molar-refractivity contribution >= 4 is 21.9 Å². The fourth-order valence-electron chi connectivity index (χ4n) is 2.80. The van der Waals surface area contributed by atoms with Gasteiger partial charge in [0.1, 0.15) is 11.2 Å². The molecule has 2 heterocycles. The van der Waals surface area contributed by atoms with Crippen LogP contribution in [0.4, 0.5) is 0 Å². The van der Waals surface area contributed by atoms with Gasteiger partial charge in [-0.1, -0.05) is 47.9 Å². The highest BCUT2D eigenvalue weighted by Gasteiger charge is 2.14. The summed E-state index contributed by atoms with van der Waals surface area (Å²) < 4.78 is 10.2. The molecule has 6 nitrogen and oxygen atoms in total. The third-order valence-corrected chi connectivity index (χ3v) is 4.06. The van der Waals surface area contributed by atoms with Crippen LogP contribution >= 0.6 is 0 Å². The van der Waals surface area contributed by atoms with Crippen LogP contribution in [0, 0.1) is 0 Å². The molecular weight excluding hydrogens is 324 g/mol. The summed E-state index contributed by atoms with van der Waals surface area (Å²) in [6, 6.07) is 12.6. The molecule has 0 saturated carbocycles. The molecule has 0 aliphatic rings. The fourth-order valence-corrected chi connectivity index (χ4v) is 2.80. The summed E-state index contributed by atoms with van der Waals surface area (Å²) in [7, 11) is 0. The molecule has 2 aromatic carbocycles. The maximum Gasteiger partial charge on any atom is 0.339 e. The van der Waals surface area contributed by atoms with E-state index in [9.17, 15) is 19.8 Å². The lowest BCUT2D eigenvalue weighted by atomic mass is 10.0. The van der Waals surface area contributed by atoms with E-state index < -0.39 is 29.2 Å². The Balaban J connectivity index is 1.95. The Kier molecular flexibility index (Phi) is 3.32. The maximum atomic E-state index is 12.5. The van der Waals surface area contributed by atoms with Gasteiger partial charge < -0.3 is 19.0 Å². The van der Waals surface area contributed by atoms with Gasteiger partial charge in [0, 0.05) is 28.3 Å². The lowest BCUT2D eigenvalue weighted by Gasteiger charge is -2.18. The number of hydrogen-bond acceptors (Lipinski definition) is 6. The molecule has 0 amide bonds. The molecule has 25 heavy (non-hydrogen) atoms. The van der Waals surface area contributed by atoms with Crippen molar-refractivity contribution in [2.24, 2.45) is 0 Å². The molecule has 0 unspecified atom stereocenters. The molecule has 0 fully saturated rings. The van der Waals surface area contributed by atoms with Crippen LogP contribution in [0.2, 0.25) is 0 Å². The molecule has 0 spiro atoms. The molecule has 4 rings (SSSR count). The predicted molar refractivity (Wildman–Crippen MR) is 86.7 cm³/mol. The van der Waals surface area contributed by atoms with Gasteiger partial charge in [-0.25, -0.2) is 9.59 Å². The van der Waals surface area contributed by atoms with Gasteiger partial charge in [0.15, 0.2) is 0 Å². The molecule has 124 valence electrons. The molecule has 0 aliphatic heterocycles. The fraction of sp³-hybridized carbons (Fsp3) is 0.0526. The molecule has 4 aromatic rings. The van der Waals surface area contributed by atoms with Crippen molar-refractivity contribution in [2.45, 2.75) is 6.42 Å². The van der Waals surface area contributed by atoms with E-state index in [1.807, 2.05) is 0 Å². The summed E-state index contributed by atoms with van der Waals surface area (Å²) in [6.45, 7) is 0. The second kappa shape index (κ2) is 5.52. The van der Waals surface area contributed by atoms with E-state index in [1.54, 1.807) is 24.3 Å². The first kappa shape index (κ1) is 15.0. The number of benzene rings is 2. The van der Waals surface area contributed by atoms with Crippen LogP contribution in [0.1, 0.15) is 11.1 Å². The standard InChI is InChI=1S/C19H12O6/c20-16-10-5-1-3-7-14(10)24-18(22)12(16)9-13-17(21)11-6-2-4-8-15(11)25-19(13)23/h1-8,20-21H,9H2/p-2. The number of rotatable bonds is 2. The SMILES string of the molecule is O=c1oc2ccccc2c([O-])c1Cc1c([O-])c2ccccc2oc1=O. The van der Waals surface area contributed by atoms with E-state index in [0.29, 0.717) is 0 Å². The Morgan fingerprint density at radius 2 is 1.08 bits per heavy atom. The lowest BCUT2D eigenvalue weighted by molar-refractivity contribution is -0.268. The average Bonchev–Trinajstić information content (AvgIpc) is 2.61. The van der Waals surface area contributed by atoms with Gasteiger partial charge >= 0.3 is 11.3 Å². The van der Waals surface area contributed by atoms with Gasteiger partial charge in [-0.2, -0.15) is 0 Å². The first-order chi connectivity index (χ1) is 12.1. The zero-order chi connectivity index (χ0) is 17.6. The summed E-state index contributed by atoms with van der Waals surface area (Å²) in [5, 5.41) is 25.5. The first-order valence-electron chi connectivity index (χ1n) is 7.49. The Morgan fingerprint density at radius 1 is 0.680 bits per heavy atom. The summed E-state index contributed by atoms with van der Waals surface area (Å²) in [6.07, 6.45) is -0.433. The number of para-hydroxylation sites is 2. The van der Waals surface area contributed by atoms with Crippen molar-refractivity contribution < 1.29 is 19.0 Å². The molecule has 2 aromatic heterocycles. The van der Waals surface area contributed by atoms with E-state index in [-0.39, 0.29) is 33.1 Å². The Hall–Kier alpha value is -3.54. The van der Waals surface area contributed by atoms with Gasteiger partial charge in [-0.05, 0) is 12.1 Å². The van der Waals surface area contributed by atoms with Crippen molar-refractivity contribution in [2.75, 3.05) is 0 Å². The van der Waals surface area contributed by atoms with Crippen molar-refractivity contribution in [1.29, 1.82) is 0 Å². The topological polar surface area (TPSA) is 107 Å². The quantitative estimate of drug-likeness (QED) is 0.516. The molecule has 0 bridgehead atoms. The van der Waals surface area contributed by atoms with Gasteiger partial charge in [0.25, 0.3) is 0 Å². The maximum absolute atomic E-state index is 12.5. The molecule has 0 radical (unpaired) electrons. The Labute approximate surface area is 140 Å². The number of hydrogen-bond donors (Lipinski definition) is 0. The van der Waals surface area contributed by atoms with Crippen LogP contribution < -0.4 is 21.5 Å². The molecule has 0 N–H and O–H groups in total. The van der Waals surface area contributed by atoms with E-state index >= 15 is 0 Å². The monoisotopic (exact) mass is 334 g/mol. The van der Waals surface area contributed by atoms with Crippen LogP contribution in [0.5, 0.6) is 11.5 Å². The highest BCUT2D eigenvalue weighted by Crippen LogP contribution is 2.28. The van der Waals surface area contributed by atoms with Gasteiger partial charge in [0.2, 0.25) is 0 Å². The minimum Gasteiger partial charge on any atom is -0.872 e. The minimum absolute atomic E-state index is 0.161. The van der Waals surface area contributed by atoms with Crippen LogP contribution in [-0.4, -0.2) is 0 Å². The predicted octanol–water partition coefficient (Wildman–Crippen LogP) is 1.64. The van der Waals surface area contributed by atoms with Crippen molar-refractivity contribution in [3.05, 3.63) is 80.5 Å². The van der Waals surface area contributed by atoms with E-state index in [2.05, 4.69) is 0 Å². The Morgan fingerprint density at radius 3 is 1.52 bits per heavy atom. The molecular formula is C19H10O6-2. The summed E-state index contributed by atoms with van der Waals surface area (Å²) in [4.78, 5) is 24.3. The van der Waals surface area contributed by atoms with Crippen molar-refractivity contribution in [3.8, 4) is 11.5 Å². The minimum atomic E-state index is -0.865.